The van der Waals surface area contributed by atoms with Crippen molar-refractivity contribution in [2.75, 3.05) is 18.4 Å². The van der Waals surface area contributed by atoms with Crippen LogP contribution in [0, 0.1) is 6.92 Å². The van der Waals surface area contributed by atoms with Gasteiger partial charge in [0.15, 0.2) is 5.82 Å². The lowest BCUT2D eigenvalue weighted by molar-refractivity contribution is 0.100. The van der Waals surface area contributed by atoms with Crippen LogP contribution in [0.3, 0.4) is 0 Å². The summed E-state index contributed by atoms with van der Waals surface area (Å²) in [6.45, 7) is 5.11. The second-order valence-electron chi connectivity index (χ2n) is 7.84. The highest BCUT2D eigenvalue weighted by Crippen LogP contribution is 2.21. The molecule has 0 atom stereocenters. The Morgan fingerprint density at radius 1 is 1.07 bits per heavy atom. The summed E-state index contributed by atoms with van der Waals surface area (Å²) in [7, 11) is 0. The predicted molar refractivity (Wildman–Crippen MR) is 119 cm³/mol. The highest BCUT2D eigenvalue weighted by atomic mass is 16.1. The van der Waals surface area contributed by atoms with Crippen molar-refractivity contribution in [2.24, 2.45) is 5.73 Å². The molecule has 30 heavy (non-hydrogen) atoms. The van der Waals surface area contributed by atoms with Gasteiger partial charge < -0.3 is 11.1 Å². The van der Waals surface area contributed by atoms with E-state index in [9.17, 15) is 4.79 Å². The molecule has 1 aliphatic rings. The Kier molecular flexibility index (Phi) is 6.05. The van der Waals surface area contributed by atoms with E-state index in [1.807, 2.05) is 25.1 Å². The highest BCUT2D eigenvalue weighted by Gasteiger charge is 2.20. The fraction of sp³-hybridized carbons (Fsp3) is 0.292. The molecule has 6 heteroatoms. The van der Waals surface area contributed by atoms with E-state index < -0.39 is 5.91 Å². The molecule has 3 N–H and O–H groups in total. The molecule has 154 valence electrons. The summed E-state index contributed by atoms with van der Waals surface area (Å²) < 4.78 is 0. The van der Waals surface area contributed by atoms with Gasteiger partial charge in [-0.15, -0.1) is 0 Å². The van der Waals surface area contributed by atoms with E-state index in [-0.39, 0.29) is 0 Å². The molecule has 4 rings (SSSR count). The van der Waals surface area contributed by atoms with E-state index in [1.165, 1.54) is 5.56 Å². The number of benzene rings is 2. The summed E-state index contributed by atoms with van der Waals surface area (Å²) in [5.74, 6) is 1.06. The fourth-order valence-corrected chi connectivity index (χ4v) is 3.84. The number of carbonyl (C=O) groups excluding carboxylic acids is 1. The molecule has 1 aromatic heterocycles. The Bertz CT molecular complexity index is 996. The van der Waals surface area contributed by atoms with Crippen molar-refractivity contribution in [3.8, 4) is 11.4 Å². The Morgan fingerprint density at radius 2 is 1.77 bits per heavy atom. The first-order valence-electron chi connectivity index (χ1n) is 10.4. The third kappa shape index (κ3) is 5.02. The van der Waals surface area contributed by atoms with Gasteiger partial charge in [0, 0.05) is 48.6 Å². The third-order valence-corrected chi connectivity index (χ3v) is 5.47. The van der Waals surface area contributed by atoms with Crippen molar-refractivity contribution >= 4 is 11.7 Å². The molecular formula is C24H27N5O. The van der Waals surface area contributed by atoms with Gasteiger partial charge >= 0.3 is 0 Å². The summed E-state index contributed by atoms with van der Waals surface area (Å²) in [5.41, 5.74) is 8.94. The Balaban J connectivity index is 1.39. The standard InChI is InChI=1S/C24H27N5O/c1-17-15-22(28-24(26-17)20-9-7-19(8-10-20)23(25)30)27-21-11-13-29(14-12-21)16-18-5-3-2-4-6-18/h2-10,15,21H,11-14,16H2,1H3,(H2,25,30)(H,26,27,28). The second-order valence-corrected chi connectivity index (χ2v) is 7.84. The lowest BCUT2D eigenvalue weighted by Crippen LogP contribution is -2.38. The van der Waals surface area contributed by atoms with Crippen LogP contribution in [0.15, 0.2) is 60.7 Å². The first kappa shape index (κ1) is 20.0. The molecule has 0 saturated carbocycles. The lowest BCUT2D eigenvalue weighted by Gasteiger charge is -2.32. The molecule has 2 heterocycles. The summed E-state index contributed by atoms with van der Waals surface area (Å²) in [6.07, 6.45) is 2.16. The van der Waals surface area contributed by atoms with Crippen LogP contribution >= 0.6 is 0 Å². The third-order valence-electron chi connectivity index (χ3n) is 5.47. The first-order valence-corrected chi connectivity index (χ1v) is 10.4. The fourth-order valence-electron chi connectivity index (χ4n) is 3.84. The van der Waals surface area contributed by atoms with Crippen LogP contribution in [0.2, 0.25) is 0 Å². The maximum Gasteiger partial charge on any atom is 0.248 e. The molecule has 6 nitrogen and oxygen atoms in total. The molecule has 1 amide bonds. The van der Waals surface area contributed by atoms with Crippen molar-refractivity contribution in [2.45, 2.75) is 32.4 Å². The van der Waals surface area contributed by atoms with Gasteiger partial charge in [-0.3, -0.25) is 9.69 Å². The molecule has 0 spiro atoms. The minimum Gasteiger partial charge on any atom is -0.367 e. The van der Waals surface area contributed by atoms with E-state index in [1.54, 1.807) is 12.1 Å². The van der Waals surface area contributed by atoms with Gasteiger partial charge in [-0.1, -0.05) is 42.5 Å². The molecule has 1 aliphatic heterocycles. The quantitative estimate of drug-likeness (QED) is 0.659. The monoisotopic (exact) mass is 401 g/mol. The molecule has 0 bridgehead atoms. The Morgan fingerprint density at radius 3 is 2.43 bits per heavy atom. The minimum absolute atomic E-state index is 0.399. The molecule has 2 aromatic carbocycles. The second kappa shape index (κ2) is 9.05. The number of hydrogen-bond donors (Lipinski definition) is 2. The number of anilines is 1. The number of carbonyl (C=O) groups is 1. The van der Waals surface area contributed by atoms with Gasteiger partial charge in [-0.05, 0) is 37.5 Å². The number of aryl methyl sites for hydroxylation is 1. The first-order chi connectivity index (χ1) is 14.6. The van der Waals surface area contributed by atoms with Gasteiger partial charge in [0.1, 0.15) is 5.82 Å². The summed E-state index contributed by atoms with van der Waals surface area (Å²) in [4.78, 5) is 23.0. The summed E-state index contributed by atoms with van der Waals surface area (Å²) in [5, 5.41) is 3.59. The number of rotatable bonds is 6. The molecule has 1 fully saturated rings. The number of likely N-dealkylation sites (tertiary alicyclic amines) is 1. The van der Waals surface area contributed by atoms with Crippen molar-refractivity contribution in [3.05, 3.63) is 77.5 Å². The minimum atomic E-state index is -0.437. The molecule has 0 radical (unpaired) electrons. The van der Waals surface area contributed by atoms with Crippen molar-refractivity contribution in [3.63, 3.8) is 0 Å². The van der Waals surface area contributed by atoms with E-state index >= 15 is 0 Å². The number of amides is 1. The molecule has 0 aliphatic carbocycles. The SMILES string of the molecule is Cc1cc(NC2CCN(Cc3ccccc3)CC2)nc(-c2ccc(C(N)=O)cc2)n1. The summed E-state index contributed by atoms with van der Waals surface area (Å²) in [6, 6.07) is 20.1. The van der Waals surface area contributed by atoms with E-state index in [4.69, 9.17) is 10.7 Å². The van der Waals surface area contributed by atoms with Gasteiger partial charge in [0.2, 0.25) is 5.91 Å². The maximum atomic E-state index is 11.3. The van der Waals surface area contributed by atoms with Crippen LogP contribution in [-0.4, -0.2) is 39.9 Å². The number of primary amides is 1. The molecule has 3 aromatic rings. The van der Waals surface area contributed by atoms with Crippen LogP contribution in [0.5, 0.6) is 0 Å². The predicted octanol–water partition coefficient (Wildman–Crippen LogP) is 3.63. The topological polar surface area (TPSA) is 84.1 Å². The largest absolute Gasteiger partial charge is 0.367 e. The number of nitrogens with zero attached hydrogens (tertiary/aromatic N) is 3. The van der Waals surface area contributed by atoms with Gasteiger partial charge in [0.25, 0.3) is 0 Å². The molecule has 0 unspecified atom stereocenters. The summed E-state index contributed by atoms with van der Waals surface area (Å²) >= 11 is 0. The van der Waals surface area contributed by atoms with Gasteiger partial charge in [-0.25, -0.2) is 9.97 Å². The van der Waals surface area contributed by atoms with Gasteiger partial charge in [-0.2, -0.15) is 0 Å². The average Bonchev–Trinajstić information content (AvgIpc) is 2.75. The smallest absolute Gasteiger partial charge is 0.248 e. The zero-order valence-corrected chi connectivity index (χ0v) is 17.2. The van der Waals surface area contributed by atoms with Crippen LogP contribution in [0.25, 0.3) is 11.4 Å². The molecular weight excluding hydrogens is 374 g/mol. The Hall–Kier alpha value is -3.25. The number of nitrogens with one attached hydrogen (secondary N) is 1. The van der Waals surface area contributed by atoms with Crippen LogP contribution < -0.4 is 11.1 Å². The number of hydrogen-bond acceptors (Lipinski definition) is 5. The van der Waals surface area contributed by atoms with E-state index in [0.717, 1.165) is 49.6 Å². The zero-order valence-electron chi connectivity index (χ0n) is 17.2. The zero-order chi connectivity index (χ0) is 20.9. The number of aromatic nitrogens is 2. The van der Waals surface area contributed by atoms with Crippen LogP contribution in [0.1, 0.15) is 34.5 Å². The highest BCUT2D eigenvalue weighted by molar-refractivity contribution is 5.93. The average molecular weight is 402 g/mol. The normalized spacial score (nSPS) is 15.1. The van der Waals surface area contributed by atoms with Crippen LogP contribution in [-0.2, 0) is 6.54 Å². The lowest BCUT2D eigenvalue weighted by atomic mass is 10.0. The van der Waals surface area contributed by atoms with E-state index in [0.29, 0.717) is 17.4 Å². The van der Waals surface area contributed by atoms with Crippen molar-refractivity contribution in [1.29, 1.82) is 0 Å². The number of nitrogens with two attached hydrogens (primary N) is 1. The van der Waals surface area contributed by atoms with Crippen molar-refractivity contribution < 1.29 is 4.79 Å². The maximum absolute atomic E-state index is 11.3. The van der Waals surface area contributed by atoms with Gasteiger partial charge in [0.05, 0.1) is 0 Å². The van der Waals surface area contributed by atoms with E-state index in [2.05, 4.69) is 45.5 Å². The van der Waals surface area contributed by atoms with Crippen LogP contribution in [0.4, 0.5) is 5.82 Å². The Labute approximate surface area is 177 Å². The number of piperidine rings is 1. The molecule has 1 saturated heterocycles. The van der Waals surface area contributed by atoms with Crippen molar-refractivity contribution in [1.82, 2.24) is 14.9 Å².